The summed E-state index contributed by atoms with van der Waals surface area (Å²) in [7, 11) is -3.59. The maximum Gasteiger partial charge on any atom is 0.264 e. The number of sulfonamides is 1. The smallest absolute Gasteiger partial charge is 0.264 e. The van der Waals surface area contributed by atoms with Crippen LogP contribution in [0.3, 0.4) is 0 Å². The molecule has 0 saturated carbocycles. The van der Waals surface area contributed by atoms with Crippen LogP contribution >= 0.6 is 0 Å². The Hall–Kier alpha value is -2.33. The van der Waals surface area contributed by atoms with Crippen LogP contribution in [0.1, 0.15) is 31.4 Å². The van der Waals surface area contributed by atoms with Crippen molar-refractivity contribution in [1.82, 2.24) is 4.31 Å². The number of hydrogen-bond donors (Lipinski definition) is 0. The van der Waals surface area contributed by atoms with Crippen LogP contribution in [-0.4, -0.2) is 19.3 Å². The van der Waals surface area contributed by atoms with E-state index in [9.17, 15) is 8.42 Å². The Morgan fingerprint density at radius 1 is 1.04 bits per heavy atom. The van der Waals surface area contributed by atoms with Gasteiger partial charge in [0.25, 0.3) is 10.0 Å². The van der Waals surface area contributed by atoms with Crippen LogP contribution in [0.2, 0.25) is 0 Å². The largest absolute Gasteiger partial charge is 0.269 e. The Kier molecular flexibility index (Phi) is 4.26. The normalized spacial score (nSPS) is 26.3. The lowest BCUT2D eigenvalue weighted by Crippen LogP contribution is -2.34. The molecule has 2 aromatic rings. The monoisotopic (exact) mass is 379 g/mol. The quantitative estimate of drug-likeness (QED) is 0.718. The summed E-state index contributed by atoms with van der Waals surface area (Å²) in [5.74, 6) is 0.102. The zero-order valence-corrected chi connectivity index (χ0v) is 16.8. The van der Waals surface area contributed by atoms with Crippen molar-refractivity contribution < 1.29 is 8.42 Å². The van der Waals surface area contributed by atoms with Crippen LogP contribution in [0, 0.1) is 12.8 Å². The number of rotatable bonds is 3. The molecule has 0 spiro atoms. The third kappa shape index (κ3) is 2.66. The van der Waals surface area contributed by atoms with Crippen molar-refractivity contribution >= 4 is 10.0 Å². The van der Waals surface area contributed by atoms with Crippen LogP contribution < -0.4 is 0 Å². The highest BCUT2D eigenvalue weighted by Crippen LogP contribution is 2.55. The van der Waals surface area contributed by atoms with Gasteiger partial charge in [-0.1, -0.05) is 65.8 Å². The average molecular weight is 380 g/mol. The minimum atomic E-state index is -3.59. The Morgan fingerprint density at radius 2 is 1.70 bits per heavy atom. The van der Waals surface area contributed by atoms with Crippen molar-refractivity contribution in [1.29, 1.82) is 0 Å². The molecule has 0 unspecified atom stereocenters. The van der Waals surface area contributed by atoms with Gasteiger partial charge in [0.1, 0.15) is 0 Å². The third-order valence-corrected chi connectivity index (χ3v) is 7.85. The highest BCUT2D eigenvalue weighted by molar-refractivity contribution is 7.89. The van der Waals surface area contributed by atoms with E-state index in [4.69, 9.17) is 0 Å². The number of aryl methyl sites for hydroxylation is 1. The number of allylic oxidation sites excluding steroid dienone is 3. The minimum Gasteiger partial charge on any atom is -0.269 e. The molecule has 0 aromatic heterocycles. The molecular weight excluding hydrogens is 354 g/mol. The fourth-order valence-electron chi connectivity index (χ4n) is 4.70. The zero-order chi connectivity index (χ0) is 19.2. The van der Waals surface area contributed by atoms with Gasteiger partial charge in [-0.2, -0.15) is 0 Å². The second-order valence-electron chi connectivity index (χ2n) is 7.65. The molecule has 1 fully saturated rings. The fourth-order valence-corrected chi connectivity index (χ4v) is 6.32. The summed E-state index contributed by atoms with van der Waals surface area (Å²) in [6.07, 6.45) is 5.12. The molecule has 0 amide bonds. The molecule has 4 heteroatoms. The summed E-state index contributed by atoms with van der Waals surface area (Å²) >= 11 is 0. The van der Waals surface area contributed by atoms with Crippen LogP contribution in [0.25, 0.3) is 0 Å². The topological polar surface area (TPSA) is 37.4 Å². The first-order valence-corrected chi connectivity index (χ1v) is 10.8. The summed E-state index contributed by atoms with van der Waals surface area (Å²) in [5, 5.41) is 0. The van der Waals surface area contributed by atoms with Crippen molar-refractivity contribution in [3.8, 4) is 0 Å². The van der Waals surface area contributed by atoms with Crippen molar-refractivity contribution in [2.24, 2.45) is 5.92 Å². The summed E-state index contributed by atoms with van der Waals surface area (Å²) < 4.78 is 28.6. The Bertz CT molecular complexity index is 1020. The van der Waals surface area contributed by atoms with Crippen LogP contribution in [0.4, 0.5) is 0 Å². The molecule has 0 N–H and O–H groups in total. The van der Waals surface area contributed by atoms with Crippen molar-refractivity contribution in [2.45, 2.75) is 37.5 Å². The summed E-state index contributed by atoms with van der Waals surface area (Å²) in [6.45, 7) is 6.51. The minimum absolute atomic E-state index is 0.102. The van der Waals surface area contributed by atoms with E-state index < -0.39 is 10.0 Å². The molecule has 1 heterocycles. The SMILES string of the molecule is C/C=C1\[C@H]2C(C)=CC[C@@]2(c2ccccc2)CN1S(=O)(=O)c1ccc(C)cc1. The summed E-state index contributed by atoms with van der Waals surface area (Å²) in [5.41, 5.74) is 4.20. The first kappa shape index (κ1) is 18.1. The second kappa shape index (κ2) is 6.38. The van der Waals surface area contributed by atoms with E-state index in [1.807, 2.05) is 50.3 Å². The molecule has 2 atom stereocenters. The lowest BCUT2D eigenvalue weighted by atomic mass is 9.71. The van der Waals surface area contributed by atoms with Gasteiger partial charge in [-0.3, -0.25) is 4.31 Å². The molecular formula is C23H25NO2S. The van der Waals surface area contributed by atoms with Crippen molar-refractivity contribution in [3.63, 3.8) is 0 Å². The van der Waals surface area contributed by atoms with Crippen molar-refractivity contribution in [2.75, 3.05) is 6.54 Å². The Morgan fingerprint density at radius 3 is 2.33 bits per heavy atom. The van der Waals surface area contributed by atoms with Crippen molar-refractivity contribution in [3.05, 3.63) is 89.1 Å². The van der Waals surface area contributed by atoms with Crippen LogP contribution in [0.5, 0.6) is 0 Å². The van der Waals surface area contributed by atoms with E-state index in [-0.39, 0.29) is 11.3 Å². The standard InChI is InChI=1S/C23H25NO2S/c1-4-21-22-18(3)14-15-23(22,19-8-6-5-7-9-19)16-24(21)27(25,26)20-12-10-17(2)11-13-20/h4-14,22H,15-16H2,1-3H3/b21-4+/t22-,23+/m1/s1. The Labute approximate surface area is 162 Å². The van der Waals surface area contributed by atoms with Gasteiger partial charge in [-0.25, -0.2) is 8.42 Å². The van der Waals surface area contributed by atoms with E-state index in [0.717, 1.165) is 17.7 Å². The van der Waals surface area contributed by atoms with E-state index in [0.29, 0.717) is 11.4 Å². The van der Waals surface area contributed by atoms with E-state index >= 15 is 0 Å². The second-order valence-corrected chi connectivity index (χ2v) is 9.51. The van der Waals surface area contributed by atoms with Gasteiger partial charge in [0.05, 0.1) is 4.90 Å². The maximum atomic E-state index is 13.5. The van der Waals surface area contributed by atoms with Crippen LogP contribution in [0.15, 0.2) is 82.9 Å². The maximum absolute atomic E-state index is 13.5. The lowest BCUT2D eigenvalue weighted by molar-refractivity contribution is 0.403. The lowest BCUT2D eigenvalue weighted by Gasteiger charge is -2.30. The molecule has 27 heavy (non-hydrogen) atoms. The predicted octanol–water partition coefficient (Wildman–Crippen LogP) is 4.81. The van der Waals surface area contributed by atoms with E-state index in [1.165, 1.54) is 11.1 Å². The van der Waals surface area contributed by atoms with E-state index in [2.05, 4.69) is 25.1 Å². The zero-order valence-electron chi connectivity index (χ0n) is 16.0. The molecule has 1 saturated heterocycles. The molecule has 2 aromatic carbocycles. The molecule has 4 rings (SSSR count). The van der Waals surface area contributed by atoms with Gasteiger partial charge in [0.15, 0.2) is 0 Å². The molecule has 1 aliphatic carbocycles. The number of benzene rings is 2. The van der Waals surface area contributed by atoms with Gasteiger partial charge < -0.3 is 0 Å². The molecule has 3 nitrogen and oxygen atoms in total. The molecule has 140 valence electrons. The van der Waals surface area contributed by atoms with Gasteiger partial charge in [0, 0.05) is 23.6 Å². The van der Waals surface area contributed by atoms with Gasteiger partial charge >= 0.3 is 0 Å². The first-order valence-electron chi connectivity index (χ1n) is 9.38. The fraction of sp³-hybridized carbons (Fsp3) is 0.304. The number of hydrogen-bond acceptors (Lipinski definition) is 2. The average Bonchev–Trinajstić information content (AvgIpc) is 3.19. The third-order valence-electron chi connectivity index (χ3n) is 6.06. The molecule has 1 aliphatic heterocycles. The van der Waals surface area contributed by atoms with Crippen LogP contribution in [-0.2, 0) is 15.4 Å². The number of fused-ring (bicyclic) bond motifs is 1. The highest BCUT2D eigenvalue weighted by atomic mass is 32.2. The van der Waals surface area contributed by atoms with E-state index in [1.54, 1.807) is 16.4 Å². The molecule has 2 aliphatic rings. The number of nitrogens with zero attached hydrogens (tertiary/aromatic N) is 1. The Balaban J connectivity index is 1.84. The van der Waals surface area contributed by atoms with Gasteiger partial charge in [-0.15, -0.1) is 0 Å². The summed E-state index contributed by atoms with van der Waals surface area (Å²) in [4.78, 5) is 0.359. The first-order chi connectivity index (χ1) is 12.9. The summed E-state index contributed by atoms with van der Waals surface area (Å²) in [6, 6.07) is 17.5. The van der Waals surface area contributed by atoms with Gasteiger partial charge in [0.2, 0.25) is 0 Å². The highest BCUT2D eigenvalue weighted by Gasteiger charge is 2.55. The predicted molar refractivity (Wildman–Crippen MR) is 109 cm³/mol. The molecule has 0 bridgehead atoms. The van der Waals surface area contributed by atoms with Gasteiger partial charge in [-0.05, 0) is 44.9 Å². The molecule has 0 radical (unpaired) electrons.